The van der Waals surface area contributed by atoms with E-state index in [1.165, 1.54) is 6.07 Å². The van der Waals surface area contributed by atoms with Crippen LogP contribution in [0.1, 0.15) is 31.4 Å². The van der Waals surface area contributed by atoms with E-state index in [1.54, 1.807) is 6.07 Å². The third-order valence-corrected chi connectivity index (χ3v) is 4.02. The van der Waals surface area contributed by atoms with Gasteiger partial charge in [0.1, 0.15) is 5.82 Å². The van der Waals surface area contributed by atoms with Gasteiger partial charge in [-0.2, -0.15) is 0 Å². The Morgan fingerprint density at radius 3 is 2.47 bits per heavy atom. The maximum atomic E-state index is 13.9. The third kappa shape index (κ3) is 3.07. The van der Waals surface area contributed by atoms with Gasteiger partial charge >= 0.3 is 0 Å². The summed E-state index contributed by atoms with van der Waals surface area (Å²) >= 11 is 0. The van der Waals surface area contributed by atoms with Crippen LogP contribution in [0.15, 0.2) is 18.2 Å². The second-order valence-electron chi connectivity index (χ2n) is 5.64. The number of hydrogen-bond donors (Lipinski definition) is 1. The van der Waals surface area contributed by atoms with Gasteiger partial charge in [-0.3, -0.25) is 0 Å². The number of benzene rings is 1. The van der Waals surface area contributed by atoms with Gasteiger partial charge in [-0.15, -0.1) is 0 Å². The zero-order valence-electron chi connectivity index (χ0n) is 12.1. The van der Waals surface area contributed by atoms with Crippen molar-refractivity contribution in [3.8, 4) is 0 Å². The van der Waals surface area contributed by atoms with Crippen molar-refractivity contribution < 1.29 is 4.39 Å². The Balaban J connectivity index is 2.18. The summed E-state index contributed by atoms with van der Waals surface area (Å²) in [7, 11) is 4.24. The molecule has 19 heavy (non-hydrogen) atoms. The second-order valence-corrected chi connectivity index (χ2v) is 5.64. The fraction of sp³-hybridized carbons (Fsp3) is 0.600. The molecule has 1 aromatic rings. The third-order valence-electron chi connectivity index (χ3n) is 4.02. The summed E-state index contributed by atoms with van der Waals surface area (Å²) in [6, 6.07) is 5.60. The van der Waals surface area contributed by atoms with Crippen LogP contribution in [0.5, 0.6) is 0 Å². The summed E-state index contributed by atoms with van der Waals surface area (Å²) in [6.45, 7) is 3.77. The molecule has 1 aliphatic heterocycles. The lowest BCUT2D eigenvalue weighted by Gasteiger charge is -2.37. The van der Waals surface area contributed by atoms with Crippen molar-refractivity contribution in [1.82, 2.24) is 4.90 Å². The van der Waals surface area contributed by atoms with E-state index in [9.17, 15) is 4.39 Å². The molecule has 1 heterocycles. The average molecular weight is 265 g/mol. The first-order valence-electron chi connectivity index (χ1n) is 6.96. The molecule has 1 atom stereocenters. The molecule has 2 rings (SSSR count). The summed E-state index contributed by atoms with van der Waals surface area (Å²) < 4.78 is 13.9. The number of anilines is 1. The lowest BCUT2D eigenvalue weighted by Crippen LogP contribution is -2.42. The molecule has 2 N–H and O–H groups in total. The lowest BCUT2D eigenvalue weighted by molar-refractivity contribution is 0.249. The molecule has 0 unspecified atom stereocenters. The van der Waals surface area contributed by atoms with Gasteiger partial charge in [-0.25, -0.2) is 4.39 Å². The van der Waals surface area contributed by atoms with Crippen molar-refractivity contribution in [2.24, 2.45) is 5.73 Å². The van der Waals surface area contributed by atoms with Crippen molar-refractivity contribution in [1.29, 1.82) is 0 Å². The Bertz CT molecular complexity index is 423. The lowest BCUT2D eigenvalue weighted by atomic mass is 10.00. The minimum atomic E-state index is -0.275. The molecule has 1 saturated heterocycles. The number of rotatable bonds is 3. The maximum Gasteiger partial charge on any atom is 0.130 e. The van der Waals surface area contributed by atoms with Crippen molar-refractivity contribution >= 4 is 5.69 Å². The van der Waals surface area contributed by atoms with E-state index in [1.807, 2.05) is 13.0 Å². The molecular formula is C15H24FN3. The van der Waals surface area contributed by atoms with Crippen LogP contribution < -0.4 is 10.6 Å². The Labute approximate surface area is 115 Å². The van der Waals surface area contributed by atoms with Crippen LogP contribution in [0.2, 0.25) is 0 Å². The molecule has 4 heteroatoms. The summed E-state index contributed by atoms with van der Waals surface area (Å²) in [4.78, 5) is 4.54. The minimum absolute atomic E-state index is 0.192. The van der Waals surface area contributed by atoms with Crippen LogP contribution in [0.4, 0.5) is 10.1 Å². The highest BCUT2D eigenvalue weighted by molar-refractivity contribution is 5.55. The number of halogens is 1. The number of nitrogens with two attached hydrogens (primary N) is 1. The van der Waals surface area contributed by atoms with Crippen LogP contribution >= 0.6 is 0 Å². The van der Waals surface area contributed by atoms with Crippen LogP contribution in [-0.4, -0.2) is 38.1 Å². The predicted molar refractivity (Wildman–Crippen MR) is 77.9 cm³/mol. The second kappa shape index (κ2) is 5.88. The quantitative estimate of drug-likeness (QED) is 0.910. The smallest absolute Gasteiger partial charge is 0.130 e. The highest BCUT2D eigenvalue weighted by atomic mass is 19.1. The molecule has 1 aliphatic rings. The zero-order valence-corrected chi connectivity index (χ0v) is 12.1. The first kappa shape index (κ1) is 14.3. The van der Waals surface area contributed by atoms with Crippen LogP contribution in [0, 0.1) is 5.82 Å². The molecule has 0 aliphatic carbocycles. The van der Waals surface area contributed by atoms with Crippen LogP contribution in [-0.2, 0) is 0 Å². The number of piperidine rings is 1. The predicted octanol–water partition coefficient (Wildman–Crippen LogP) is 2.38. The first-order chi connectivity index (χ1) is 9.00. The van der Waals surface area contributed by atoms with Crippen molar-refractivity contribution in [3.63, 3.8) is 0 Å². The van der Waals surface area contributed by atoms with Gasteiger partial charge in [-0.1, -0.05) is 6.07 Å². The summed E-state index contributed by atoms with van der Waals surface area (Å²) in [5.41, 5.74) is 7.53. The van der Waals surface area contributed by atoms with Gasteiger partial charge in [0.05, 0.1) is 0 Å². The zero-order chi connectivity index (χ0) is 14.0. The molecule has 0 amide bonds. The number of hydrogen-bond acceptors (Lipinski definition) is 3. The summed E-state index contributed by atoms with van der Waals surface area (Å²) in [5.74, 6) is -0.192. The van der Waals surface area contributed by atoms with Gasteiger partial charge < -0.3 is 15.5 Å². The molecule has 0 radical (unpaired) electrons. The van der Waals surface area contributed by atoms with E-state index in [4.69, 9.17) is 5.73 Å². The fourth-order valence-corrected chi connectivity index (χ4v) is 2.88. The van der Waals surface area contributed by atoms with Gasteiger partial charge in [0.2, 0.25) is 0 Å². The monoisotopic (exact) mass is 265 g/mol. The van der Waals surface area contributed by atoms with Crippen LogP contribution in [0.3, 0.4) is 0 Å². The highest BCUT2D eigenvalue weighted by Crippen LogP contribution is 2.30. The molecule has 106 valence electrons. The standard InChI is InChI=1S/C15H24FN3/c1-11(17)15-13(16)5-4-6-14(15)19-9-7-12(8-10-19)18(2)3/h4-6,11-12H,7-10,17H2,1-3H3/t11-/m1/s1. The molecule has 1 fully saturated rings. The van der Waals surface area contributed by atoms with Crippen molar-refractivity contribution in [3.05, 3.63) is 29.6 Å². The van der Waals surface area contributed by atoms with Gasteiger partial charge in [0, 0.05) is 36.4 Å². The molecular weight excluding hydrogens is 241 g/mol. The Morgan fingerprint density at radius 1 is 1.32 bits per heavy atom. The van der Waals surface area contributed by atoms with Crippen molar-refractivity contribution in [2.45, 2.75) is 31.8 Å². The molecule has 3 nitrogen and oxygen atoms in total. The highest BCUT2D eigenvalue weighted by Gasteiger charge is 2.24. The SMILES string of the molecule is C[C@@H](N)c1c(F)cccc1N1CCC(N(C)C)CC1. The summed E-state index contributed by atoms with van der Waals surface area (Å²) in [5, 5.41) is 0. The Hall–Kier alpha value is -1.13. The molecule has 0 bridgehead atoms. The number of nitrogens with zero attached hydrogens (tertiary/aromatic N) is 2. The normalized spacial score (nSPS) is 18.9. The van der Waals surface area contributed by atoms with Crippen LogP contribution in [0.25, 0.3) is 0 Å². The Kier molecular flexibility index (Phi) is 4.42. The van der Waals surface area contributed by atoms with E-state index in [2.05, 4.69) is 23.9 Å². The minimum Gasteiger partial charge on any atom is -0.371 e. The average Bonchev–Trinajstić information content (AvgIpc) is 2.38. The topological polar surface area (TPSA) is 32.5 Å². The van der Waals surface area contributed by atoms with E-state index in [0.717, 1.165) is 31.6 Å². The first-order valence-corrected chi connectivity index (χ1v) is 6.96. The fourth-order valence-electron chi connectivity index (χ4n) is 2.88. The molecule has 0 saturated carbocycles. The maximum absolute atomic E-state index is 13.9. The Morgan fingerprint density at radius 2 is 1.95 bits per heavy atom. The largest absolute Gasteiger partial charge is 0.371 e. The van der Waals surface area contributed by atoms with E-state index in [-0.39, 0.29) is 11.9 Å². The van der Waals surface area contributed by atoms with Gasteiger partial charge in [-0.05, 0) is 46.0 Å². The van der Waals surface area contributed by atoms with Gasteiger partial charge in [0.25, 0.3) is 0 Å². The van der Waals surface area contributed by atoms with Crippen molar-refractivity contribution in [2.75, 3.05) is 32.1 Å². The molecule has 0 spiro atoms. The van der Waals surface area contributed by atoms with E-state index >= 15 is 0 Å². The molecule has 1 aromatic carbocycles. The molecule has 0 aromatic heterocycles. The van der Waals surface area contributed by atoms with E-state index in [0.29, 0.717) is 11.6 Å². The van der Waals surface area contributed by atoms with Gasteiger partial charge in [0.15, 0.2) is 0 Å². The van der Waals surface area contributed by atoms with E-state index < -0.39 is 0 Å². The summed E-state index contributed by atoms with van der Waals surface area (Å²) in [6.07, 6.45) is 2.23.